The maximum absolute atomic E-state index is 5.74. The van der Waals surface area contributed by atoms with Gasteiger partial charge in [-0.25, -0.2) is 0 Å². The Bertz CT molecular complexity index is 2930. The van der Waals surface area contributed by atoms with Crippen LogP contribution in [0.4, 0.5) is 0 Å². The number of nitrogens with zero attached hydrogens (tertiary/aromatic N) is 3. The smallest absolute Gasteiger partial charge is 0.0673 e. The van der Waals surface area contributed by atoms with E-state index in [-0.39, 0.29) is 11.8 Å². The van der Waals surface area contributed by atoms with Crippen LogP contribution in [0.15, 0.2) is 205 Å². The molecule has 11 rings (SSSR count). The van der Waals surface area contributed by atoms with E-state index in [1.54, 1.807) is 0 Å². The number of para-hydroxylation sites is 4. The molecule has 0 N–H and O–H groups in total. The Balaban J connectivity index is 1.19. The van der Waals surface area contributed by atoms with Crippen LogP contribution in [0.1, 0.15) is 43.2 Å². The largest absolute Gasteiger partial charge is 0.309 e. The van der Waals surface area contributed by atoms with E-state index < -0.39 is 0 Å². The summed E-state index contributed by atoms with van der Waals surface area (Å²) in [4.78, 5) is 5.74. The normalized spacial score (nSPS) is 16.9. The summed E-state index contributed by atoms with van der Waals surface area (Å²) in [5.74, 6) is 0.404. The van der Waals surface area contributed by atoms with Crippen LogP contribution in [-0.4, -0.2) is 14.8 Å². The highest BCUT2D eigenvalue weighted by Crippen LogP contribution is 2.43. The second-order valence-electron chi connectivity index (χ2n) is 15.7. The van der Waals surface area contributed by atoms with Gasteiger partial charge in [-0.1, -0.05) is 153 Å². The lowest BCUT2D eigenvalue weighted by Crippen LogP contribution is -2.26. The molecule has 0 amide bonds. The highest BCUT2D eigenvalue weighted by atomic mass is 15.0. The molecule has 0 saturated carbocycles. The van der Waals surface area contributed by atoms with Crippen molar-refractivity contribution in [2.24, 2.45) is 10.9 Å². The zero-order valence-electron chi connectivity index (χ0n) is 32.6. The van der Waals surface area contributed by atoms with Crippen LogP contribution in [0.5, 0.6) is 0 Å². The fraction of sp³-hybridized carbons (Fsp3) is 0.109. The molecule has 2 atom stereocenters. The third-order valence-corrected chi connectivity index (χ3v) is 12.4. The lowest BCUT2D eigenvalue weighted by Gasteiger charge is -2.32. The highest BCUT2D eigenvalue weighted by Gasteiger charge is 2.32. The molecule has 0 saturated heterocycles. The van der Waals surface area contributed by atoms with Crippen LogP contribution in [0.3, 0.4) is 0 Å². The van der Waals surface area contributed by atoms with E-state index >= 15 is 0 Å². The monoisotopic (exact) mass is 745 g/mol. The Morgan fingerprint density at radius 2 is 1.07 bits per heavy atom. The number of fused-ring (bicyclic) bond motifs is 6. The standard InChI is InChI=1S/C55H43N3/c1-2-44-49(40-23-17-22-39(32-40)37-18-5-3-6-19-37)36-50(56-55(44)38-20-7-4-8-21-38)41-33-42(57-51-28-13-9-24-45(51)46-25-10-14-29-52(46)57)35-43(34-41)58-53-30-15-11-26-47(53)48-27-12-16-31-54(48)58/h3-7,9-20,22-36,44,49H,2,8,21H2,1H3. The third kappa shape index (κ3) is 5.69. The lowest BCUT2D eigenvalue weighted by atomic mass is 9.75. The highest BCUT2D eigenvalue weighted by molar-refractivity contribution is 6.11. The van der Waals surface area contributed by atoms with Gasteiger partial charge >= 0.3 is 0 Å². The molecular formula is C55H43N3. The van der Waals surface area contributed by atoms with Crippen molar-refractivity contribution in [2.75, 3.05) is 0 Å². The molecule has 2 aliphatic rings. The zero-order valence-corrected chi connectivity index (χ0v) is 32.6. The van der Waals surface area contributed by atoms with Gasteiger partial charge < -0.3 is 9.13 Å². The van der Waals surface area contributed by atoms with E-state index in [0.717, 1.165) is 41.9 Å². The molecule has 0 bridgehead atoms. The molecule has 3 heteroatoms. The predicted octanol–water partition coefficient (Wildman–Crippen LogP) is 14.4. The molecule has 3 heterocycles. The molecule has 0 radical (unpaired) electrons. The number of benzene rings is 7. The molecule has 9 aromatic rings. The van der Waals surface area contributed by atoms with Crippen molar-refractivity contribution >= 4 is 55.0 Å². The van der Waals surface area contributed by atoms with Crippen molar-refractivity contribution < 1.29 is 0 Å². The Morgan fingerprint density at radius 1 is 0.534 bits per heavy atom. The SMILES string of the molecule is CCC1C(C2=CC=CCC2)=NC(c2cc(-n3c4ccccc4c4ccccc43)cc(-n3c4ccccc4c4ccccc43)c2)=CC1c1cccc(-c2ccccc2)c1. The van der Waals surface area contributed by atoms with E-state index in [4.69, 9.17) is 4.99 Å². The third-order valence-electron chi connectivity index (χ3n) is 12.4. The van der Waals surface area contributed by atoms with Crippen molar-refractivity contribution in [3.63, 3.8) is 0 Å². The number of hydrogen-bond donors (Lipinski definition) is 0. The molecule has 58 heavy (non-hydrogen) atoms. The van der Waals surface area contributed by atoms with Gasteiger partial charge in [-0.05, 0) is 90.1 Å². The fourth-order valence-corrected chi connectivity index (χ4v) is 9.73. The molecule has 2 unspecified atom stereocenters. The average Bonchev–Trinajstić information content (AvgIpc) is 3.82. The van der Waals surface area contributed by atoms with Crippen molar-refractivity contribution in [2.45, 2.75) is 32.1 Å². The van der Waals surface area contributed by atoms with Crippen LogP contribution < -0.4 is 0 Å². The Labute approximate surface area is 339 Å². The molecule has 7 aromatic carbocycles. The molecule has 3 nitrogen and oxygen atoms in total. The quantitative estimate of drug-likeness (QED) is 0.155. The average molecular weight is 746 g/mol. The summed E-state index contributed by atoms with van der Waals surface area (Å²) in [6.45, 7) is 2.33. The van der Waals surface area contributed by atoms with Gasteiger partial charge in [0.25, 0.3) is 0 Å². The second-order valence-corrected chi connectivity index (χ2v) is 15.7. The Morgan fingerprint density at radius 3 is 1.60 bits per heavy atom. The first kappa shape index (κ1) is 34.3. The van der Waals surface area contributed by atoms with E-state index in [1.807, 2.05) is 0 Å². The fourth-order valence-electron chi connectivity index (χ4n) is 9.73. The predicted molar refractivity (Wildman–Crippen MR) is 245 cm³/mol. The minimum Gasteiger partial charge on any atom is -0.309 e. The first-order valence-corrected chi connectivity index (χ1v) is 20.7. The van der Waals surface area contributed by atoms with Gasteiger partial charge in [0.1, 0.15) is 0 Å². The van der Waals surface area contributed by atoms with Crippen molar-refractivity contribution in [1.82, 2.24) is 9.13 Å². The molecule has 1 aliphatic heterocycles. The summed E-state index contributed by atoms with van der Waals surface area (Å²) < 4.78 is 4.90. The van der Waals surface area contributed by atoms with Gasteiger partial charge in [-0.3, -0.25) is 4.99 Å². The van der Waals surface area contributed by atoms with E-state index in [2.05, 4.69) is 210 Å². The minimum absolute atomic E-state index is 0.150. The van der Waals surface area contributed by atoms with Gasteiger partial charge in [-0.15, -0.1) is 0 Å². The Kier molecular flexibility index (Phi) is 8.40. The number of aliphatic imine (C=N–C) groups is 1. The molecule has 278 valence electrons. The molecule has 0 spiro atoms. The van der Waals surface area contributed by atoms with Gasteiger partial charge in [0.2, 0.25) is 0 Å². The summed E-state index contributed by atoms with van der Waals surface area (Å²) in [6, 6.07) is 62.3. The second kappa shape index (κ2) is 14.2. The van der Waals surface area contributed by atoms with Crippen LogP contribution in [-0.2, 0) is 0 Å². The number of aromatic nitrogens is 2. The molecular weight excluding hydrogens is 703 g/mol. The minimum atomic E-state index is 0.150. The van der Waals surface area contributed by atoms with Crippen LogP contribution in [0, 0.1) is 5.92 Å². The first-order valence-electron chi connectivity index (χ1n) is 20.7. The maximum Gasteiger partial charge on any atom is 0.0673 e. The van der Waals surface area contributed by atoms with Gasteiger partial charge in [0.15, 0.2) is 0 Å². The summed E-state index contributed by atoms with van der Waals surface area (Å²) in [5.41, 5.74) is 15.5. The van der Waals surface area contributed by atoms with E-state index in [0.29, 0.717) is 0 Å². The van der Waals surface area contributed by atoms with Gasteiger partial charge in [0, 0.05) is 56.0 Å². The van der Waals surface area contributed by atoms with E-state index in [9.17, 15) is 0 Å². The van der Waals surface area contributed by atoms with Crippen LogP contribution in [0.25, 0.3) is 71.8 Å². The Hall–Kier alpha value is -6.97. The molecule has 0 fully saturated rings. The van der Waals surface area contributed by atoms with Crippen LogP contribution in [0.2, 0.25) is 0 Å². The lowest BCUT2D eigenvalue weighted by molar-refractivity contribution is 0.590. The molecule has 1 aliphatic carbocycles. The maximum atomic E-state index is 5.74. The van der Waals surface area contributed by atoms with Crippen LogP contribution >= 0.6 is 0 Å². The van der Waals surface area contributed by atoms with Crippen molar-refractivity contribution in [3.05, 3.63) is 211 Å². The topological polar surface area (TPSA) is 22.2 Å². The van der Waals surface area contributed by atoms with Crippen molar-refractivity contribution in [1.29, 1.82) is 0 Å². The van der Waals surface area contributed by atoms with Gasteiger partial charge in [-0.2, -0.15) is 0 Å². The zero-order chi connectivity index (χ0) is 38.6. The molecule has 2 aromatic heterocycles. The number of hydrogen-bond acceptors (Lipinski definition) is 1. The number of rotatable bonds is 7. The van der Waals surface area contributed by atoms with E-state index in [1.165, 1.54) is 71.6 Å². The van der Waals surface area contributed by atoms with Crippen molar-refractivity contribution in [3.8, 4) is 22.5 Å². The number of allylic oxidation sites excluding steroid dienone is 5. The summed E-state index contributed by atoms with van der Waals surface area (Å²) in [7, 11) is 0. The van der Waals surface area contributed by atoms with Gasteiger partial charge in [0.05, 0.1) is 27.8 Å². The summed E-state index contributed by atoms with van der Waals surface area (Å²) in [6.07, 6.45) is 12.3. The summed E-state index contributed by atoms with van der Waals surface area (Å²) >= 11 is 0. The first-order chi connectivity index (χ1) is 28.7. The summed E-state index contributed by atoms with van der Waals surface area (Å²) in [5, 5.41) is 5.00.